The normalized spacial score (nSPS) is 17.1. The number of unbranched alkanes of at least 4 members (excludes halogenated alkanes) is 4. The maximum atomic E-state index is 14.8. The minimum Gasteiger partial charge on any atom is -0.480 e. The molecule has 1 fully saturated rings. The van der Waals surface area contributed by atoms with Gasteiger partial charge >= 0.3 is 11.9 Å². The number of benzene rings is 2. The second kappa shape index (κ2) is 12.1. The third-order valence-corrected chi connectivity index (χ3v) is 7.05. The van der Waals surface area contributed by atoms with Crippen LogP contribution in [0.4, 0.5) is 4.39 Å². The molecule has 5 nitrogen and oxygen atoms in total. The van der Waals surface area contributed by atoms with Crippen LogP contribution in [0.5, 0.6) is 0 Å². The van der Waals surface area contributed by atoms with Crippen LogP contribution in [-0.4, -0.2) is 34.7 Å². The standard InChI is InChI=1S/C28H36FNO4/c1-2-3-4-5-6-7-20-8-11-22(12-9-20)24-13-10-21(18-25(24)29)15-17-30-23-14-16-28(19-23,26(31)32)27(33)34/h8-13,18,23,30H,2-7,14-17,19H2,1H3,(H,31,32)(H,33,34). The molecule has 0 spiro atoms. The van der Waals surface area contributed by atoms with E-state index >= 15 is 0 Å². The zero-order valence-corrected chi connectivity index (χ0v) is 20.0. The van der Waals surface area contributed by atoms with Gasteiger partial charge in [0.2, 0.25) is 0 Å². The number of halogens is 1. The zero-order chi connectivity index (χ0) is 24.6. The fourth-order valence-corrected chi connectivity index (χ4v) is 4.85. The first-order valence-corrected chi connectivity index (χ1v) is 12.4. The highest BCUT2D eigenvalue weighted by molar-refractivity contribution is 5.98. The van der Waals surface area contributed by atoms with Gasteiger partial charge in [-0.25, -0.2) is 4.39 Å². The molecule has 1 aliphatic carbocycles. The summed E-state index contributed by atoms with van der Waals surface area (Å²) in [4.78, 5) is 22.9. The summed E-state index contributed by atoms with van der Waals surface area (Å²) in [6, 6.07) is 13.2. The van der Waals surface area contributed by atoms with Crippen LogP contribution in [0.1, 0.15) is 69.4 Å². The summed E-state index contributed by atoms with van der Waals surface area (Å²) in [5.41, 5.74) is 1.87. The first-order chi connectivity index (χ1) is 16.4. The molecule has 3 N–H and O–H groups in total. The van der Waals surface area contributed by atoms with Gasteiger partial charge in [-0.2, -0.15) is 0 Å². The molecule has 2 aromatic carbocycles. The predicted molar refractivity (Wildman–Crippen MR) is 131 cm³/mol. The lowest BCUT2D eigenvalue weighted by Gasteiger charge is -2.19. The summed E-state index contributed by atoms with van der Waals surface area (Å²) in [7, 11) is 0. The van der Waals surface area contributed by atoms with E-state index in [0.717, 1.165) is 17.5 Å². The molecule has 1 unspecified atom stereocenters. The van der Waals surface area contributed by atoms with Crippen molar-refractivity contribution in [2.24, 2.45) is 5.41 Å². The van der Waals surface area contributed by atoms with Gasteiger partial charge in [0, 0.05) is 11.6 Å². The molecular formula is C28H36FNO4. The average Bonchev–Trinajstić information content (AvgIpc) is 3.26. The molecule has 6 heteroatoms. The van der Waals surface area contributed by atoms with Crippen molar-refractivity contribution in [2.75, 3.05) is 6.54 Å². The Labute approximate surface area is 201 Å². The minimum atomic E-state index is -1.70. The monoisotopic (exact) mass is 469 g/mol. The highest BCUT2D eigenvalue weighted by Crippen LogP contribution is 2.39. The summed E-state index contributed by atoms with van der Waals surface area (Å²) >= 11 is 0. The molecule has 3 rings (SSSR count). The molecule has 1 atom stereocenters. The van der Waals surface area contributed by atoms with E-state index < -0.39 is 17.4 Å². The fourth-order valence-electron chi connectivity index (χ4n) is 4.85. The van der Waals surface area contributed by atoms with Gasteiger partial charge < -0.3 is 15.5 Å². The first-order valence-electron chi connectivity index (χ1n) is 12.4. The number of hydrogen-bond acceptors (Lipinski definition) is 3. The van der Waals surface area contributed by atoms with Crippen LogP contribution in [0.15, 0.2) is 42.5 Å². The molecule has 0 radical (unpaired) electrons. The van der Waals surface area contributed by atoms with Crippen molar-refractivity contribution in [2.45, 2.75) is 77.2 Å². The topological polar surface area (TPSA) is 86.6 Å². The van der Waals surface area contributed by atoms with Crippen molar-refractivity contribution in [3.63, 3.8) is 0 Å². The van der Waals surface area contributed by atoms with Crippen LogP contribution in [0.25, 0.3) is 11.1 Å². The number of carboxylic acids is 2. The molecule has 0 aliphatic heterocycles. The maximum absolute atomic E-state index is 14.8. The molecule has 2 aromatic rings. The van der Waals surface area contributed by atoms with E-state index in [4.69, 9.17) is 0 Å². The lowest BCUT2D eigenvalue weighted by atomic mass is 9.86. The van der Waals surface area contributed by atoms with Gasteiger partial charge in [0.15, 0.2) is 5.41 Å². The van der Waals surface area contributed by atoms with Crippen molar-refractivity contribution in [1.82, 2.24) is 5.32 Å². The van der Waals surface area contributed by atoms with E-state index in [1.807, 2.05) is 18.2 Å². The Morgan fingerprint density at radius 3 is 2.26 bits per heavy atom. The van der Waals surface area contributed by atoms with Crippen LogP contribution >= 0.6 is 0 Å². The first kappa shape index (κ1) is 25.9. The van der Waals surface area contributed by atoms with E-state index in [0.29, 0.717) is 24.9 Å². The van der Waals surface area contributed by atoms with Crippen molar-refractivity contribution < 1.29 is 24.2 Å². The number of carboxylic acid groups (broad SMARTS) is 2. The summed E-state index contributed by atoms with van der Waals surface area (Å²) in [5.74, 6) is -2.81. The predicted octanol–water partition coefficient (Wildman–Crippen LogP) is 5.85. The average molecular weight is 470 g/mol. The Morgan fingerprint density at radius 1 is 0.971 bits per heavy atom. The summed E-state index contributed by atoms with van der Waals surface area (Å²) < 4.78 is 14.8. The van der Waals surface area contributed by atoms with E-state index in [2.05, 4.69) is 24.4 Å². The second-order valence-electron chi connectivity index (χ2n) is 9.51. The fraction of sp³-hybridized carbons (Fsp3) is 0.500. The number of hydrogen-bond donors (Lipinski definition) is 3. The second-order valence-corrected chi connectivity index (χ2v) is 9.51. The largest absolute Gasteiger partial charge is 0.480 e. The Hall–Kier alpha value is -2.73. The Balaban J connectivity index is 1.50. The molecule has 0 aromatic heterocycles. The zero-order valence-electron chi connectivity index (χ0n) is 20.0. The highest BCUT2D eigenvalue weighted by Gasteiger charge is 2.51. The molecule has 184 valence electrons. The van der Waals surface area contributed by atoms with Crippen molar-refractivity contribution in [3.05, 3.63) is 59.4 Å². The molecule has 0 bridgehead atoms. The third kappa shape index (κ3) is 6.44. The summed E-state index contributed by atoms with van der Waals surface area (Å²) in [5, 5.41) is 21.9. The Bertz CT molecular complexity index is 959. The Morgan fingerprint density at radius 2 is 1.65 bits per heavy atom. The number of nitrogens with one attached hydrogen (secondary N) is 1. The minimum absolute atomic E-state index is 0.0691. The van der Waals surface area contributed by atoms with Gasteiger partial charge in [0.05, 0.1) is 0 Å². The van der Waals surface area contributed by atoms with Gasteiger partial charge in [0.25, 0.3) is 0 Å². The van der Waals surface area contributed by atoms with Crippen molar-refractivity contribution in [3.8, 4) is 11.1 Å². The molecule has 0 heterocycles. The van der Waals surface area contributed by atoms with E-state index in [1.165, 1.54) is 37.7 Å². The van der Waals surface area contributed by atoms with Gasteiger partial charge in [-0.1, -0.05) is 69.0 Å². The molecule has 1 saturated carbocycles. The molecule has 0 saturated heterocycles. The molecule has 1 aliphatic rings. The van der Waals surface area contributed by atoms with Crippen LogP contribution in [0, 0.1) is 11.2 Å². The Kier molecular flexibility index (Phi) is 9.22. The third-order valence-electron chi connectivity index (χ3n) is 7.05. The van der Waals surface area contributed by atoms with Crippen LogP contribution < -0.4 is 5.32 Å². The lowest BCUT2D eigenvalue weighted by Crippen LogP contribution is -2.39. The van der Waals surface area contributed by atoms with Crippen LogP contribution in [0.3, 0.4) is 0 Å². The van der Waals surface area contributed by atoms with E-state index in [-0.39, 0.29) is 24.7 Å². The van der Waals surface area contributed by atoms with Gasteiger partial charge in [-0.3, -0.25) is 9.59 Å². The smallest absolute Gasteiger partial charge is 0.321 e. The highest BCUT2D eigenvalue weighted by atomic mass is 19.1. The molecule has 0 amide bonds. The number of carbonyl (C=O) groups is 2. The number of rotatable bonds is 13. The van der Waals surface area contributed by atoms with Crippen molar-refractivity contribution in [1.29, 1.82) is 0 Å². The van der Waals surface area contributed by atoms with Crippen LogP contribution in [0.2, 0.25) is 0 Å². The van der Waals surface area contributed by atoms with Crippen LogP contribution in [-0.2, 0) is 22.4 Å². The number of aliphatic carboxylic acids is 2. The van der Waals surface area contributed by atoms with Crippen molar-refractivity contribution >= 4 is 11.9 Å². The van der Waals surface area contributed by atoms with Gasteiger partial charge in [-0.05, 0) is 67.8 Å². The number of aryl methyl sites for hydroxylation is 1. The summed E-state index contributed by atoms with van der Waals surface area (Å²) in [6.45, 7) is 2.75. The van der Waals surface area contributed by atoms with Gasteiger partial charge in [0.1, 0.15) is 5.82 Å². The van der Waals surface area contributed by atoms with E-state index in [1.54, 1.807) is 12.1 Å². The molecule has 34 heavy (non-hydrogen) atoms. The lowest BCUT2D eigenvalue weighted by molar-refractivity contribution is -0.164. The van der Waals surface area contributed by atoms with E-state index in [9.17, 15) is 24.2 Å². The molecular weight excluding hydrogens is 433 g/mol. The summed E-state index contributed by atoms with van der Waals surface area (Å²) in [6.07, 6.45) is 8.59. The SMILES string of the molecule is CCCCCCCc1ccc(-c2ccc(CCNC3CCC(C(=O)O)(C(=O)O)C3)cc2F)cc1. The quantitative estimate of drug-likeness (QED) is 0.253. The van der Waals surface area contributed by atoms with Gasteiger partial charge in [-0.15, -0.1) is 0 Å². The maximum Gasteiger partial charge on any atom is 0.321 e.